The zero-order chi connectivity index (χ0) is 15.6. The van der Waals surface area contributed by atoms with Crippen molar-refractivity contribution in [2.75, 3.05) is 7.11 Å². The molecule has 2 aromatic heterocycles. The van der Waals surface area contributed by atoms with Crippen LogP contribution >= 0.6 is 0 Å². The molecule has 0 fully saturated rings. The number of hydrogen-bond acceptors (Lipinski definition) is 3. The van der Waals surface area contributed by atoms with Gasteiger partial charge in [-0.15, -0.1) is 0 Å². The molecule has 21 heavy (non-hydrogen) atoms. The first-order valence-electron chi connectivity index (χ1n) is 6.54. The number of pyridine rings is 1. The molecule has 0 saturated carbocycles. The van der Waals surface area contributed by atoms with Crippen molar-refractivity contribution in [2.45, 2.75) is 19.8 Å². The first kappa shape index (κ1) is 14.8. The molecule has 1 atom stereocenters. The lowest BCUT2D eigenvalue weighted by molar-refractivity contribution is -0.131. The molecule has 0 bridgehead atoms. The second kappa shape index (κ2) is 5.83. The van der Waals surface area contributed by atoms with Crippen molar-refractivity contribution >= 4 is 23.0 Å². The summed E-state index contributed by atoms with van der Waals surface area (Å²) in [6, 6.07) is 5.59. The van der Waals surface area contributed by atoms with Crippen LogP contribution in [-0.4, -0.2) is 28.4 Å². The van der Waals surface area contributed by atoms with E-state index in [1.165, 1.54) is 14.0 Å². The third-order valence-electron chi connectivity index (χ3n) is 3.51. The summed E-state index contributed by atoms with van der Waals surface area (Å²) >= 11 is 0. The average molecular weight is 287 g/mol. The minimum atomic E-state index is -1.09. The number of ether oxygens (including phenoxy) is 1. The van der Waals surface area contributed by atoms with Gasteiger partial charge in [-0.3, -0.25) is 4.79 Å². The van der Waals surface area contributed by atoms with Gasteiger partial charge >= 0.3 is 5.97 Å². The number of methoxy groups -OCH3 is 1. The molecule has 110 valence electrons. The van der Waals surface area contributed by atoms with Crippen molar-refractivity contribution in [3.05, 3.63) is 47.8 Å². The second-order valence-corrected chi connectivity index (χ2v) is 4.84. The van der Waals surface area contributed by atoms with Crippen LogP contribution in [0.5, 0.6) is 0 Å². The number of aliphatic carboxylic acids is 1. The zero-order valence-corrected chi connectivity index (χ0v) is 12.2. The van der Waals surface area contributed by atoms with E-state index >= 15 is 0 Å². The third-order valence-corrected chi connectivity index (χ3v) is 3.51. The van der Waals surface area contributed by atoms with Crippen LogP contribution < -0.4 is 0 Å². The van der Waals surface area contributed by atoms with Gasteiger partial charge in [-0.05, 0) is 24.6 Å². The molecular weight excluding hydrogens is 270 g/mol. The number of aromatic nitrogens is 1. The Labute approximate surface area is 122 Å². The molecule has 0 aliphatic rings. The molecule has 5 nitrogen and oxygen atoms in total. The van der Waals surface area contributed by atoms with E-state index in [-0.39, 0.29) is 17.5 Å². The highest BCUT2D eigenvalue weighted by atomic mass is 16.5. The molecule has 0 aromatic carbocycles. The van der Waals surface area contributed by atoms with E-state index in [0.29, 0.717) is 5.56 Å². The maximum Gasteiger partial charge on any atom is 0.332 e. The maximum absolute atomic E-state index is 11.7. The van der Waals surface area contributed by atoms with Crippen molar-refractivity contribution in [1.82, 2.24) is 4.40 Å². The molecule has 1 unspecified atom stereocenters. The molecule has 1 N–H and O–H groups in total. The van der Waals surface area contributed by atoms with Crippen LogP contribution in [0.15, 0.2) is 36.7 Å². The summed E-state index contributed by atoms with van der Waals surface area (Å²) in [4.78, 5) is 22.7. The summed E-state index contributed by atoms with van der Waals surface area (Å²) in [6.45, 7) is 3.32. The van der Waals surface area contributed by atoms with Crippen LogP contribution in [0.3, 0.4) is 0 Å². The smallest absolute Gasteiger partial charge is 0.332 e. The highest BCUT2D eigenvalue weighted by molar-refractivity contribution is 5.94. The number of nitrogens with zero attached hydrogens (tertiary/aromatic N) is 1. The Morgan fingerprint density at radius 2 is 2.10 bits per heavy atom. The van der Waals surface area contributed by atoms with Crippen LogP contribution in [-0.2, 0) is 14.3 Å². The lowest BCUT2D eigenvalue weighted by atomic mass is 9.95. The van der Waals surface area contributed by atoms with Gasteiger partial charge in [0.1, 0.15) is 11.5 Å². The second-order valence-electron chi connectivity index (χ2n) is 4.84. The quantitative estimate of drug-likeness (QED) is 0.678. The Morgan fingerprint density at radius 3 is 2.67 bits per heavy atom. The first-order valence-corrected chi connectivity index (χ1v) is 6.54. The number of Topliss-reactive ketones (excluding diaryl/α,β-unsaturated/α-hetero) is 1. The highest BCUT2D eigenvalue weighted by Crippen LogP contribution is 2.32. The zero-order valence-electron chi connectivity index (χ0n) is 12.2. The van der Waals surface area contributed by atoms with Gasteiger partial charge in [0.05, 0.1) is 18.7 Å². The maximum atomic E-state index is 11.7. The molecule has 2 rings (SSSR count). The van der Waals surface area contributed by atoms with Crippen molar-refractivity contribution < 1.29 is 19.4 Å². The predicted octanol–water partition coefficient (Wildman–Crippen LogP) is 2.70. The van der Waals surface area contributed by atoms with E-state index in [4.69, 9.17) is 9.84 Å². The average Bonchev–Trinajstić information content (AvgIpc) is 2.82. The molecule has 5 heteroatoms. The number of fused-ring (bicyclic) bond motifs is 1. The van der Waals surface area contributed by atoms with Gasteiger partial charge in [-0.25, -0.2) is 4.79 Å². The number of ketones is 1. The number of carbonyl (C=O) groups excluding carboxylic acids is 1. The van der Waals surface area contributed by atoms with Crippen LogP contribution in [0.2, 0.25) is 0 Å². The van der Waals surface area contributed by atoms with Crippen LogP contribution in [0.25, 0.3) is 11.3 Å². The van der Waals surface area contributed by atoms with E-state index in [0.717, 1.165) is 17.2 Å². The van der Waals surface area contributed by atoms with Crippen molar-refractivity contribution in [3.63, 3.8) is 0 Å². The number of carboxylic acids is 1. The predicted molar refractivity (Wildman–Crippen MR) is 79.1 cm³/mol. The summed E-state index contributed by atoms with van der Waals surface area (Å²) in [5.74, 6) is -1.19. The third kappa shape index (κ3) is 2.81. The van der Waals surface area contributed by atoms with Gasteiger partial charge in [-0.2, -0.15) is 0 Å². The number of hydrogen-bond donors (Lipinski definition) is 1. The topological polar surface area (TPSA) is 68.0 Å². The lowest BCUT2D eigenvalue weighted by Gasteiger charge is -2.11. The molecule has 0 saturated heterocycles. The fourth-order valence-corrected chi connectivity index (χ4v) is 2.30. The Balaban J connectivity index is 2.77. The Kier molecular flexibility index (Phi) is 4.12. The summed E-state index contributed by atoms with van der Waals surface area (Å²) in [5.41, 5.74) is 2.20. The molecule has 0 aliphatic heterocycles. The monoisotopic (exact) mass is 287 g/mol. The lowest BCUT2D eigenvalue weighted by Crippen LogP contribution is -2.06. The van der Waals surface area contributed by atoms with E-state index in [1.54, 1.807) is 6.92 Å². The Bertz CT molecular complexity index is 727. The molecule has 0 amide bonds. The van der Waals surface area contributed by atoms with E-state index < -0.39 is 5.97 Å². The molecule has 0 aliphatic carbocycles. The minimum Gasteiger partial charge on any atom is -0.496 e. The SMILES string of the molecule is CO/C(=C\C(=O)O)c1c(C(C)C(C)=O)cn2ccccc12. The van der Waals surface area contributed by atoms with Crippen LogP contribution in [0.4, 0.5) is 0 Å². The fourth-order valence-electron chi connectivity index (χ4n) is 2.30. The largest absolute Gasteiger partial charge is 0.496 e. The number of carbonyl (C=O) groups is 2. The first-order chi connectivity index (χ1) is 9.95. The molecular formula is C16H17NO4. The van der Waals surface area contributed by atoms with Gasteiger partial charge in [0.2, 0.25) is 0 Å². The molecule has 2 aromatic rings. The Morgan fingerprint density at radius 1 is 1.38 bits per heavy atom. The Hall–Kier alpha value is -2.56. The summed E-state index contributed by atoms with van der Waals surface area (Å²) in [5, 5.41) is 8.99. The van der Waals surface area contributed by atoms with E-state index in [2.05, 4.69) is 0 Å². The highest BCUT2D eigenvalue weighted by Gasteiger charge is 2.22. The van der Waals surface area contributed by atoms with Gasteiger partial charge in [0.15, 0.2) is 0 Å². The molecule has 2 heterocycles. The number of rotatable bonds is 5. The van der Waals surface area contributed by atoms with E-state index in [9.17, 15) is 9.59 Å². The van der Waals surface area contributed by atoms with Crippen molar-refractivity contribution in [2.24, 2.45) is 0 Å². The van der Waals surface area contributed by atoms with Gasteiger partial charge in [0, 0.05) is 23.9 Å². The number of carboxylic acid groups (broad SMARTS) is 1. The van der Waals surface area contributed by atoms with Gasteiger partial charge in [-0.1, -0.05) is 13.0 Å². The van der Waals surface area contributed by atoms with Crippen molar-refractivity contribution in [3.8, 4) is 0 Å². The molecule has 0 spiro atoms. The minimum absolute atomic E-state index is 0.0120. The standard InChI is InChI=1S/C16H17NO4/c1-10(11(2)18)12-9-17-7-5-4-6-13(17)16(12)14(21-3)8-15(19)20/h4-10H,1-3H3,(H,19,20)/b14-8-. The van der Waals surface area contributed by atoms with Gasteiger partial charge in [0.25, 0.3) is 0 Å². The fraction of sp³-hybridized carbons (Fsp3) is 0.250. The van der Waals surface area contributed by atoms with E-state index in [1.807, 2.05) is 35.0 Å². The summed E-state index contributed by atoms with van der Waals surface area (Å²) in [7, 11) is 1.42. The molecule has 0 radical (unpaired) electrons. The summed E-state index contributed by atoms with van der Waals surface area (Å²) < 4.78 is 7.10. The van der Waals surface area contributed by atoms with Gasteiger partial charge < -0.3 is 14.2 Å². The normalized spacial score (nSPS) is 13.2. The van der Waals surface area contributed by atoms with Crippen LogP contribution in [0, 0.1) is 0 Å². The van der Waals surface area contributed by atoms with Crippen LogP contribution in [0.1, 0.15) is 30.9 Å². The van der Waals surface area contributed by atoms with Crippen molar-refractivity contribution in [1.29, 1.82) is 0 Å². The summed E-state index contributed by atoms with van der Waals surface area (Å²) in [6.07, 6.45) is 4.70.